The molecule has 1 radical (unpaired) electrons. The second kappa shape index (κ2) is 3.35. The van der Waals surface area contributed by atoms with E-state index in [-0.39, 0.29) is 0 Å². The normalized spacial score (nSPS) is 9.92. The van der Waals surface area contributed by atoms with Crippen molar-refractivity contribution in [3.63, 3.8) is 0 Å². The Balaban J connectivity index is 2.42. The molecule has 2 nitrogen and oxygen atoms in total. The van der Waals surface area contributed by atoms with E-state index in [0.29, 0.717) is 0 Å². The van der Waals surface area contributed by atoms with E-state index in [2.05, 4.69) is 16.9 Å². The first-order chi connectivity index (χ1) is 6.36. The van der Waals surface area contributed by atoms with Crippen LogP contribution >= 0.6 is 0 Å². The van der Waals surface area contributed by atoms with Gasteiger partial charge in [0.15, 0.2) is 5.82 Å². The van der Waals surface area contributed by atoms with Gasteiger partial charge >= 0.3 is 0 Å². The summed E-state index contributed by atoms with van der Waals surface area (Å²) in [6, 6.07) is 9.64. The molecule has 0 saturated carbocycles. The van der Waals surface area contributed by atoms with Crippen molar-refractivity contribution in [2.24, 2.45) is 0 Å². The Labute approximate surface area is 77.3 Å². The highest BCUT2D eigenvalue weighted by Gasteiger charge is 1.97. The average Bonchev–Trinajstić information content (AvgIpc) is 2.20. The molecule has 0 bridgehead atoms. The van der Waals surface area contributed by atoms with Crippen LogP contribution in [-0.4, -0.2) is 9.97 Å². The minimum absolute atomic E-state index is 0.752. The number of rotatable bonds is 1. The van der Waals surface area contributed by atoms with Crippen molar-refractivity contribution in [2.75, 3.05) is 0 Å². The third kappa shape index (κ3) is 1.72. The van der Waals surface area contributed by atoms with Crippen LogP contribution < -0.4 is 0 Å². The van der Waals surface area contributed by atoms with E-state index in [9.17, 15) is 0 Å². The minimum Gasteiger partial charge on any atom is -0.237 e. The lowest BCUT2D eigenvalue weighted by molar-refractivity contribution is 1.18. The first-order valence-corrected chi connectivity index (χ1v) is 4.06. The number of benzene rings is 1. The van der Waals surface area contributed by atoms with E-state index in [1.807, 2.05) is 24.3 Å². The van der Waals surface area contributed by atoms with Gasteiger partial charge in [0.2, 0.25) is 0 Å². The molecule has 2 heteroatoms. The molecule has 2 aromatic rings. The summed E-state index contributed by atoms with van der Waals surface area (Å²) < 4.78 is 0. The van der Waals surface area contributed by atoms with Gasteiger partial charge in [0.1, 0.15) is 0 Å². The fourth-order valence-corrected chi connectivity index (χ4v) is 1.10. The molecule has 0 atom stereocenters. The molecule has 0 aliphatic carbocycles. The molecule has 0 amide bonds. The maximum absolute atomic E-state index is 4.15. The van der Waals surface area contributed by atoms with Crippen molar-refractivity contribution in [3.05, 3.63) is 55.2 Å². The molecular weight excluding hydrogens is 160 g/mol. The zero-order valence-corrected chi connectivity index (χ0v) is 7.14. The van der Waals surface area contributed by atoms with Gasteiger partial charge < -0.3 is 0 Å². The number of hydrogen-bond donors (Lipinski definition) is 0. The summed E-state index contributed by atoms with van der Waals surface area (Å²) in [5.74, 6) is 0.752. The van der Waals surface area contributed by atoms with Gasteiger partial charge in [-0.05, 0) is 18.6 Å². The predicted molar refractivity (Wildman–Crippen MR) is 51.9 cm³/mol. The largest absolute Gasteiger partial charge is 0.237 e. The van der Waals surface area contributed by atoms with E-state index >= 15 is 0 Å². The highest BCUT2D eigenvalue weighted by Crippen LogP contribution is 2.13. The highest BCUT2D eigenvalue weighted by molar-refractivity contribution is 5.54. The fourth-order valence-electron chi connectivity index (χ4n) is 1.10. The van der Waals surface area contributed by atoms with Crippen LogP contribution in [0.2, 0.25) is 0 Å². The first kappa shape index (κ1) is 7.92. The highest BCUT2D eigenvalue weighted by atomic mass is 14.8. The Morgan fingerprint density at radius 2 is 1.54 bits per heavy atom. The van der Waals surface area contributed by atoms with E-state index < -0.39 is 0 Å². The summed E-state index contributed by atoms with van der Waals surface area (Å²) in [6.45, 7) is 3.81. The molecule has 1 heterocycles. The molecule has 2 rings (SSSR count). The lowest BCUT2D eigenvalue weighted by Crippen LogP contribution is -1.85. The Kier molecular flexibility index (Phi) is 2.04. The van der Waals surface area contributed by atoms with Gasteiger partial charge in [-0.25, -0.2) is 9.97 Å². The smallest absolute Gasteiger partial charge is 0.159 e. The molecular formula is C11H9N2. The summed E-state index contributed by atoms with van der Waals surface area (Å²) in [5, 5.41) is 0. The molecule has 1 aromatic heterocycles. The van der Waals surface area contributed by atoms with Crippen LogP contribution in [0.4, 0.5) is 0 Å². The average molecular weight is 169 g/mol. The SMILES string of the molecule is [CH2]c1ccc(-c2ncccn2)cc1. The van der Waals surface area contributed by atoms with Gasteiger partial charge in [0, 0.05) is 18.0 Å². The Morgan fingerprint density at radius 1 is 0.923 bits per heavy atom. The van der Waals surface area contributed by atoms with Gasteiger partial charge in [-0.15, -0.1) is 0 Å². The Bertz CT molecular complexity index is 379. The summed E-state index contributed by atoms with van der Waals surface area (Å²) >= 11 is 0. The van der Waals surface area contributed by atoms with Crippen LogP contribution in [0.3, 0.4) is 0 Å². The second-order valence-electron chi connectivity index (χ2n) is 2.77. The van der Waals surface area contributed by atoms with E-state index in [1.165, 1.54) is 0 Å². The van der Waals surface area contributed by atoms with E-state index in [4.69, 9.17) is 0 Å². The lowest BCUT2D eigenvalue weighted by Gasteiger charge is -1.98. The lowest BCUT2D eigenvalue weighted by atomic mass is 10.1. The molecule has 0 fully saturated rings. The molecule has 0 spiro atoms. The summed E-state index contributed by atoms with van der Waals surface area (Å²) in [4.78, 5) is 8.29. The third-order valence-electron chi connectivity index (χ3n) is 1.78. The van der Waals surface area contributed by atoms with Gasteiger partial charge in [0.05, 0.1) is 0 Å². The minimum atomic E-state index is 0.752. The van der Waals surface area contributed by atoms with Crippen LogP contribution in [-0.2, 0) is 0 Å². The summed E-state index contributed by atoms with van der Waals surface area (Å²) in [7, 11) is 0. The van der Waals surface area contributed by atoms with Crippen LogP contribution in [0.25, 0.3) is 11.4 Å². The monoisotopic (exact) mass is 169 g/mol. The van der Waals surface area contributed by atoms with E-state index in [0.717, 1.165) is 17.0 Å². The fraction of sp³-hybridized carbons (Fsp3) is 0. The van der Waals surface area contributed by atoms with Gasteiger partial charge in [-0.2, -0.15) is 0 Å². The summed E-state index contributed by atoms with van der Waals surface area (Å²) in [6.07, 6.45) is 3.47. The molecule has 13 heavy (non-hydrogen) atoms. The molecule has 0 aliphatic rings. The molecule has 0 saturated heterocycles. The first-order valence-electron chi connectivity index (χ1n) is 4.06. The third-order valence-corrected chi connectivity index (χ3v) is 1.78. The molecule has 1 aromatic carbocycles. The maximum Gasteiger partial charge on any atom is 0.159 e. The number of nitrogens with zero attached hydrogens (tertiary/aromatic N) is 2. The standard InChI is InChI=1S/C11H9N2/c1-9-3-5-10(6-4-9)11-12-7-2-8-13-11/h2-8H,1H2. The van der Waals surface area contributed by atoms with Gasteiger partial charge in [-0.3, -0.25) is 0 Å². The maximum atomic E-state index is 4.15. The van der Waals surface area contributed by atoms with Crippen molar-refractivity contribution in [1.82, 2.24) is 9.97 Å². The zero-order valence-electron chi connectivity index (χ0n) is 7.14. The Hall–Kier alpha value is -1.70. The molecule has 63 valence electrons. The van der Waals surface area contributed by atoms with Crippen LogP contribution in [0.15, 0.2) is 42.7 Å². The predicted octanol–water partition coefficient (Wildman–Crippen LogP) is 2.33. The van der Waals surface area contributed by atoms with Crippen molar-refractivity contribution in [2.45, 2.75) is 0 Å². The molecule has 0 unspecified atom stereocenters. The van der Waals surface area contributed by atoms with Gasteiger partial charge in [-0.1, -0.05) is 24.3 Å². The van der Waals surface area contributed by atoms with E-state index in [1.54, 1.807) is 18.5 Å². The second-order valence-corrected chi connectivity index (χ2v) is 2.77. The molecule has 0 N–H and O–H groups in total. The van der Waals surface area contributed by atoms with Crippen molar-refractivity contribution in [3.8, 4) is 11.4 Å². The van der Waals surface area contributed by atoms with Crippen LogP contribution in [0, 0.1) is 6.92 Å². The zero-order chi connectivity index (χ0) is 9.10. The molecule has 0 aliphatic heterocycles. The Morgan fingerprint density at radius 3 is 2.15 bits per heavy atom. The van der Waals surface area contributed by atoms with Crippen molar-refractivity contribution >= 4 is 0 Å². The van der Waals surface area contributed by atoms with Crippen LogP contribution in [0.5, 0.6) is 0 Å². The van der Waals surface area contributed by atoms with Crippen LogP contribution in [0.1, 0.15) is 5.56 Å². The van der Waals surface area contributed by atoms with Crippen molar-refractivity contribution in [1.29, 1.82) is 0 Å². The quantitative estimate of drug-likeness (QED) is 0.654. The number of aromatic nitrogens is 2. The topological polar surface area (TPSA) is 25.8 Å². The van der Waals surface area contributed by atoms with Crippen molar-refractivity contribution < 1.29 is 0 Å². The summed E-state index contributed by atoms with van der Waals surface area (Å²) in [5.41, 5.74) is 2.02. The van der Waals surface area contributed by atoms with Gasteiger partial charge in [0.25, 0.3) is 0 Å². The number of hydrogen-bond acceptors (Lipinski definition) is 2.